The van der Waals surface area contributed by atoms with Gasteiger partial charge in [-0.2, -0.15) is 0 Å². The van der Waals surface area contributed by atoms with Crippen LogP contribution in [-0.2, 0) is 19.1 Å². The Hall–Kier alpha value is -2.63. The molecule has 112 valence electrons. The Morgan fingerprint density at radius 1 is 1.29 bits per heavy atom. The first-order valence-electron chi connectivity index (χ1n) is 6.39. The van der Waals surface area contributed by atoms with Gasteiger partial charge in [0.2, 0.25) is 0 Å². The van der Waals surface area contributed by atoms with Crippen molar-refractivity contribution in [2.45, 2.75) is 19.4 Å². The van der Waals surface area contributed by atoms with Crippen LogP contribution in [-0.4, -0.2) is 35.6 Å². The van der Waals surface area contributed by atoms with Crippen molar-refractivity contribution in [3.63, 3.8) is 0 Å². The minimum atomic E-state index is -1.09. The molecule has 1 aromatic carbocycles. The molecule has 0 aliphatic carbocycles. The highest BCUT2D eigenvalue weighted by molar-refractivity contribution is 5.86. The van der Waals surface area contributed by atoms with Crippen LogP contribution in [0.3, 0.4) is 0 Å². The van der Waals surface area contributed by atoms with Crippen LogP contribution in [0.25, 0.3) is 6.08 Å². The summed E-state index contributed by atoms with van der Waals surface area (Å²) < 4.78 is 4.91. The summed E-state index contributed by atoms with van der Waals surface area (Å²) in [5.41, 5.74) is 0.855. The maximum absolute atomic E-state index is 11.8. The molecule has 1 rings (SSSR count). The monoisotopic (exact) mass is 291 g/mol. The first-order chi connectivity index (χ1) is 9.99. The number of ether oxygens (including phenoxy) is 1. The van der Waals surface area contributed by atoms with Crippen molar-refractivity contribution in [3.05, 3.63) is 42.0 Å². The summed E-state index contributed by atoms with van der Waals surface area (Å²) in [6.07, 6.45) is 1.83. The summed E-state index contributed by atoms with van der Waals surface area (Å²) in [5.74, 6) is -2.16. The Balaban J connectivity index is 2.66. The summed E-state index contributed by atoms with van der Waals surface area (Å²) in [4.78, 5) is 33.3. The summed E-state index contributed by atoms with van der Waals surface area (Å²) in [6, 6.07) is 9.22. The molecule has 0 heterocycles. The molecule has 6 heteroatoms. The first kappa shape index (κ1) is 16.4. The Kier molecular flexibility index (Phi) is 6.67. The summed E-state index contributed by atoms with van der Waals surface area (Å²) in [7, 11) is 0. The third-order valence-electron chi connectivity index (χ3n) is 2.45. The number of nitrogens with one attached hydrogen (secondary N) is 1. The molecule has 1 amide bonds. The zero-order valence-electron chi connectivity index (χ0n) is 11.6. The van der Waals surface area contributed by atoms with Gasteiger partial charge >= 0.3 is 11.9 Å². The summed E-state index contributed by atoms with van der Waals surface area (Å²) in [5, 5.41) is 10.9. The molecule has 0 radical (unpaired) electrons. The van der Waals surface area contributed by atoms with Crippen LogP contribution in [0.2, 0.25) is 0 Å². The van der Waals surface area contributed by atoms with E-state index in [1.807, 2.05) is 30.3 Å². The maximum Gasteiger partial charge on any atom is 0.305 e. The quantitative estimate of drug-likeness (QED) is 0.737. The highest BCUT2D eigenvalue weighted by Gasteiger charge is 2.18. The lowest BCUT2D eigenvalue weighted by molar-refractivity contribution is -0.151. The van der Waals surface area contributed by atoms with Crippen molar-refractivity contribution >= 4 is 23.9 Å². The van der Waals surface area contributed by atoms with Gasteiger partial charge in [0.1, 0.15) is 0 Å². The van der Waals surface area contributed by atoms with Crippen molar-refractivity contribution in [2.75, 3.05) is 6.54 Å². The van der Waals surface area contributed by atoms with Gasteiger partial charge in [-0.1, -0.05) is 36.4 Å². The van der Waals surface area contributed by atoms with Crippen molar-refractivity contribution in [1.29, 1.82) is 0 Å². The number of amides is 1. The van der Waals surface area contributed by atoms with E-state index < -0.39 is 23.9 Å². The molecule has 21 heavy (non-hydrogen) atoms. The van der Waals surface area contributed by atoms with Gasteiger partial charge in [-0.25, -0.2) is 0 Å². The lowest BCUT2D eigenvalue weighted by Crippen LogP contribution is -2.37. The number of rotatable bonds is 7. The third-order valence-corrected chi connectivity index (χ3v) is 2.45. The second kappa shape index (κ2) is 8.52. The van der Waals surface area contributed by atoms with Crippen LogP contribution in [0.15, 0.2) is 36.4 Å². The van der Waals surface area contributed by atoms with Crippen LogP contribution in [0.5, 0.6) is 0 Å². The van der Waals surface area contributed by atoms with Crippen LogP contribution < -0.4 is 5.32 Å². The first-order valence-corrected chi connectivity index (χ1v) is 6.39. The Labute approximate surface area is 122 Å². The van der Waals surface area contributed by atoms with Gasteiger partial charge < -0.3 is 15.2 Å². The molecule has 0 saturated carbocycles. The molecule has 0 saturated heterocycles. The SMILES string of the molecule is CC(=O)O[C@H](C=Cc1ccccc1)C(=O)NCCC(=O)O. The zero-order valence-corrected chi connectivity index (χ0v) is 11.6. The normalized spacial score (nSPS) is 11.9. The maximum atomic E-state index is 11.8. The number of esters is 1. The molecule has 2 N–H and O–H groups in total. The molecular formula is C15H17NO5. The van der Waals surface area contributed by atoms with E-state index in [0.717, 1.165) is 5.56 Å². The average molecular weight is 291 g/mol. The molecule has 6 nitrogen and oxygen atoms in total. The number of aliphatic carboxylic acids is 1. The van der Waals surface area contributed by atoms with Gasteiger partial charge in [0.25, 0.3) is 5.91 Å². The van der Waals surface area contributed by atoms with E-state index in [9.17, 15) is 14.4 Å². The number of carboxylic acids is 1. The topological polar surface area (TPSA) is 92.7 Å². The van der Waals surface area contributed by atoms with E-state index in [4.69, 9.17) is 9.84 Å². The van der Waals surface area contributed by atoms with Crippen LogP contribution in [0.4, 0.5) is 0 Å². The second-order valence-corrected chi connectivity index (χ2v) is 4.23. The minimum Gasteiger partial charge on any atom is -0.481 e. The number of carbonyl (C=O) groups excluding carboxylic acids is 2. The highest BCUT2D eigenvalue weighted by Crippen LogP contribution is 2.04. The lowest BCUT2D eigenvalue weighted by Gasteiger charge is -2.12. The molecule has 0 aromatic heterocycles. The van der Waals surface area contributed by atoms with E-state index in [1.165, 1.54) is 13.0 Å². The van der Waals surface area contributed by atoms with E-state index in [-0.39, 0.29) is 13.0 Å². The van der Waals surface area contributed by atoms with Crippen LogP contribution in [0.1, 0.15) is 18.9 Å². The molecule has 0 aliphatic heterocycles. The smallest absolute Gasteiger partial charge is 0.305 e. The van der Waals surface area contributed by atoms with Gasteiger partial charge in [-0.15, -0.1) is 0 Å². The molecule has 0 bridgehead atoms. The Morgan fingerprint density at radius 3 is 2.52 bits per heavy atom. The van der Waals surface area contributed by atoms with Crippen molar-refractivity contribution < 1.29 is 24.2 Å². The Morgan fingerprint density at radius 2 is 1.95 bits per heavy atom. The average Bonchev–Trinajstić information content (AvgIpc) is 2.43. The van der Waals surface area contributed by atoms with E-state index in [2.05, 4.69) is 5.32 Å². The molecule has 1 aromatic rings. The molecule has 0 spiro atoms. The van der Waals surface area contributed by atoms with Gasteiger partial charge in [0, 0.05) is 13.5 Å². The molecule has 1 atom stereocenters. The minimum absolute atomic E-state index is 0.0227. The standard InChI is InChI=1S/C15H17NO5/c1-11(17)21-13(15(20)16-10-9-14(18)19)8-7-12-5-3-2-4-6-12/h2-8,13H,9-10H2,1H3,(H,16,20)(H,18,19)/t13-/m1/s1. The van der Waals surface area contributed by atoms with Crippen LogP contribution in [0, 0.1) is 0 Å². The number of hydrogen-bond donors (Lipinski definition) is 2. The zero-order chi connectivity index (χ0) is 15.7. The predicted octanol–water partition coefficient (Wildman–Crippen LogP) is 1.22. The number of carbonyl (C=O) groups is 3. The van der Waals surface area contributed by atoms with E-state index in [0.29, 0.717) is 0 Å². The fraction of sp³-hybridized carbons (Fsp3) is 0.267. The third kappa shape index (κ3) is 6.91. The second-order valence-electron chi connectivity index (χ2n) is 4.23. The van der Waals surface area contributed by atoms with Gasteiger partial charge in [-0.05, 0) is 11.6 Å². The molecular weight excluding hydrogens is 274 g/mol. The Bertz CT molecular complexity index is 524. The van der Waals surface area contributed by atoms with E-state index >= 15 is 0 Å². The summed E-state index contributed by atoms with van der Waals surface area (Å²) >= 11 is 0. The van der Waals surface area contributed by atoms with Gasteiger partial charge in [0.15, 0.2) is 6.10 Å². The fourth-order valence-electron chi connectivity index (χ4n) is 1.51. The lowest BCUT2D eigenvalue weighted by atomic mass is 10.2. The number of carboxylic acid groups (broad SMARTS) is 1. The van der Waals surface area contributed by atoms with E-state index in [1.54, 1.807) is 6.08 Å². The predicted molar refractivity (Wildman–Crippen MR) is 76.3 cm³/mol. The van der Waals surface area contributed by atoms with Crippen LogP contribution >= 0.6 is 0 Å². The largest absolute Gasteiger partial charge is 0.481 e. The molecule has 0 unspecified atom stereocenters. The molecule has 0 aliphatic rings. The fourth-order valence-corrected chi connectivity index (χ4v) is 1.51. The number of hydrogen-bond acceptors (Lipinski definition) is 4. The number of benzene rings is 1. The molecule has 0 fully saturated rings. The van der Waals surface area contributed by atoms with Gasteiger partial charge in [-0.3, -0.25) is 14.4 Å². The van der Waals surface area contributed by atoms with Crippen molar-refractivity contribution in [1.82, 2.24) is 5.32 Å². The highest BCUT2D eigenvalue weighted by atomic mass is 16.5. The summed E-state index contributed by atoms with van der Waals surface area (Å²) in [6.45, 7) is 1.18. The van der Waals surface area contributed by atoms with Crippen molar-refractivity contribution in [2.24, 2.45) is 0 Å². The van der Waals surface area contributed by atoms with Gasteiger partial charge in [0.05, 0.1) is 6.42 Å². The van der Waals surface area contributed by atoms with Crippen molar-refractivity contribution in [3.8, 4) is 0 Å².